The molecule has 0 saturated carbocycles. The molecule has 2 aromatic heterocycles. The van der Waals surface area contributed by atoms with Gasteiger partial charge in [0.15, 0.2) is 5.16 Å². The van der Waals surface area contributed by atoms with Crippen LogP contribution in [0.4, 0.5) is 4.39 Å². The average Bonchev–Trinajstić information content (AvgIpc) is 3.28. The van der Waals surface area contributed by atoms with E-state index in [0.717, 1.165) is 5.56 Å². The fourth-order valence-corrected chi connectivity index (χ4v) is 4.01. The molecule has 31 heavy (non-hydrogen) atoms. The van der Waals surface area contributed by atoms with Crippen LogP contribution in [0.3, 0.4) is 0 Å². The molecule has 0 saturated heterocycles. The van der Waals surface area contributed by atoms with Gasteiger partial charge < -0.3 is 4.42 Å². The van der Waals surface area contributed by atoms with Crippen LogP contribution in [0, 0.1) is 5.82 Å². The Bertz CT molecular complexity index is 1420. The summed E-state index contributed by atoms with van der Waals surface area (Å²) in [6.07, 6.45) is 0. The van der Waals surface area contributed by atoms with Crippen molar-refractivity contribution in [2.45, 2.75) is 10.9 Å². The van der Waals surface area contributed by atoms with E-state index in [1.54, 1.807) is 30.3 Å². The van der Waals surface area contributed by atoms with Crippen LogP contribution in [0.5, 0.6) is 0 Å². The lowest BCUT2D eigenvalue weighted by molar-refractivity contribution is 0.528. The number of hydrogen-bond acceptors (Lipinski definition) is 6. The number of aromatic nitrogens is 4. The number of thioether (sulfide) groups is 1. The molecule has 0 spiro atoms. The van der Waals surface area contributed by atoms with Crippen molar-refractivity contribution in [1.29, 1.82) is 0 Å². The Hall–Kier alpha value is -3.78. The Kier molecular flexibility index (Phi) is 5.05. The number of fused-ring (bicyclic) bond motifs is 1. The third kappa shape index (κ3) is 3.85. The minimum absolute atomic E-state index is 0.227. The third-order valence-electron chi connectivity index (χ3n) is 4.64. The lowest BCUT2D eigenvalue weighted by atomic mass is 10.2. The van der Waals surface area contributed by atoms with Crippen molar-refractivity contribution in [2.24, 2.45) is 0 Å². The maximum atomic E-state index is 13.4. The van der Waals surface area contributed by atoms with Gasteiger partial charge in [-0.1, -0.05) is 42.1 Å². The first-order valence-corrected chi connectivity index (χ1v) is 10.5. The standard InChI is InChI=1S/C23H15FN4O2S/c24-16-10-12-17(13-11-16)28-22(29)18-8-4-5-9-19(18)25-23(28)31-14-20-26-27-21(30-20)15-6-2-1-3-7-15/h1-13H,14H2. The zero-order chi connectivity index (χ0) is 21.2. The molecule has 0 fully saturated rings. The van der Waals surface area contributed by atoms with Crippen LogP contribution >= 0.6 is 11.8 Å². The summed E-state index contributed by atoms with van der Waals surface area (Å²) >= 11 is 1.30. The van der Waals surface area contributed by atoms with Gasteiger partial charge >= 0.3 is 0 Å². The number of halogens is 1. The molecule has 0 unspecified atom stereocenters. The van der Waals surface area contributed by atoms with Gasteiger partial charge in [0.1, 0.15) is 5.82 Å². The maximum Gasteiger partial charge on any atom is 0.266 e. The Morgan fingerprint density at radius 2 is 1.65 bits per heavy atom. The molecular formula is C23H15FN4O2S. The van der Waals surface area contributed by atoms with Crippen molar-refractivity contribution in [1.82, 2.24) is 19.7 Å². The fraction of sp³-hybridized carbons (Fsp3) is 0.0435. The smallest absolute Gasteiger partial charge is 0.266 e. The van der Waals surface area contributed by atoms with E-state index in [2.05, 4.69) is 15.2 Å². The van der Waals surface area contributed by atoms with Gasteiger partial charge in [-0.05, 0) is 48.5 Å². The molecule has 0 aliphatic heterocycles. The van der Waals surface area contributed by atoms with Gasteiger partial charge in [-0.3, -0.25) is 9.36 Å². The summed E-state index contributed by atoms with van der Waals surface area (Å²) in [6.45, 7) is 0. The van der Waals surface area contributed by atoms with Gasteiger partial charge in [-0.25, -0.2) is 9.37 Å². The largest absolute Gasteiger partial charge is 0.420 e. The zero-order valence-corrected chi connectivity index (χ0v) is 16.9. The number of rotatable bonds is 5. The number of para-hydroxylation sites is 1. The van der Waals surface area contributed by atoms with Crippen LogP contribution in [0.15, 0.2) is 93.2 Å². The van der Waals surface area contributed by atoms with Crippen molar-refractivity contribution in [3.63, 3.8) is 0 Å². The second-order valence-corrected chi connectivity index (χ2v) is 7.63. The second kappa shape index (κ2) is 8.16. The molecule has 5 rings (SSSR count). The van der Waals surface area contributed by atoms with Crippen LogP contribution in [-0.2, 0) is 5.75 Å². The summed E-state index contributed by atoms with van der Waals surface area (Å²) in [6, 6.07) is 22.4. The summed E-state index contributed by atoms with van der Waals surface area (Å²) in [5.74, 6) is 0.792. The SMILES string of the molecule is O=c1c2ccccc2nc(SCc2nnc(-c3ccccc3)o2)n1-c1ccc(F)cc1. The quantitative estimate of drug-likeness (QED) is 0.293. The van der Waals surface area contributed by atoms with E-state index in [0.29, 0.717) is 39.3 Å². The van der Waals surface area contributed by atoms with Crippen molar-refractivity contribution in [3.8, 4) is 17.1 Å². The van der Waals surface area contributed by atoms with Crippen molar-refractivity contribution < 1.29 is 8.81 Å². The average molecular weight is 430 g/mol. The van der Waals surface area contributed by atoms with Crippen molar-refractivity contribution in [2.75, 3.05) is 0 Å². The monoisotopic (exact) mass is 430 g/mol. The van der Waals surface area contributed by atoms with E-state index >= 15 is 0 Å². The molecular weight excluding hydrogens is 415 g/mol. The van der Waals surface area contributed by atoms with Gasteiger partial charge in [0.05, 0.1) is 22.3 Å². The Morgan fingerprint density at radius 1 is 0.903 bits per heavy atom. The molecule has 152 valence electrons. The summed E-state index contributed by atoms with van der Waals surface area (Å²) < 4.78 is 20.7. The van der Waals surface area contributed by atoms with E-state index in [4.69, 9.17) is 4.42 Å². The first-order valence-electron chi connectivity index (χ1n) is 9.47. The highest BCUT2D eigenvalue weighted by Crippen LogP contribution is 2.26. The van der Waals surface area contributed by atoms with Gasteiger partial charge in [0.2, 0.25) is 11.8 Å². The normalized spacial score (nSPS) is 11.1. The number of hydrogen-bond donors (Lipinski definition) is 0. The van der Waals surface area contributed by atoms with Gasteiger partial charge in [-0.2, -0.15) is 0 Å². The van der Waals surface area contributed by atoms with Crippen molar-refractivity contribution in [3.05, 3.63) is 101 Å². The molecule has 0 amide bonds. The van der Waals surface area contributed by atoms with Gasteiger partial charge in [-0.15, -0.1) is 10.2 Å². The molecule has 3 aromatic carbocycles. The molecule has 2 heterocycles. The maximum absolute atomic E-state index is 13.4. The molecule has 6 nitrogen and oxygen atoms in total. The molecule has 0 atom stereocenters. The Balaban J connectivity index is 1.52. The first kappa shape index (κ1) is 19.2. The van der Waals surface area contributed by atoms with Crippen LogP contribution in [0.1, 0.15) is 5.89 Å². The lowest BCUT2D eigenvalue weighted by Gasteiger charge is -2.12. The predicted molar refractivity (Wildman–Crippen MR) is 117 cm³/mol. The molecule has 0 bridgehead atoms. The lowest BCUT2D eigenvalue weighted by Crippen LogP contribution is -2.21. The Labute approximate surface area is 180 Å². The minimum Gasteiger partial charge on any atom is -0.420 e. The summed E-state index contributed by atoms with van der Waals surface area (Å²) in [5, 5.41) is 9.14. The van der Waals surface area contributed by atoms with E-state index in [1.807, 2.05) is 36.4 Å². The van der Waals surface area contributed by atoms with Gasteiger partial charge in [0.25, 0.3) is 5.56 Å². The minimum atomic E-state index is -0.376. The topological polar surface area (TPSA) is 73.8 Å². The van der Waals surface area contributed by atoms with Gasteiger partial charge in [0, 0.05) is 5.56 Å². The van der Waals surface area contributed by atoms with E-state index in [-0.39, 0.29) is 11.4 Å². The van der Waals surface area contributed by atoms with Crippen LogP contribution in [0.2, 0.25) is 0 Å². The highest BCUT2D eigenvalue weighted by atomic mass is 32.2. The highest BCUT2D eigenvalue weighted by Gasteiger charge is 2.15. The zero-order valence-electron chi connectivity index (χ0n) is 16.1. The van der Waals surface area contributed by atoms with Crippen LogP contribution in [0.25, 0.3) is 28.0 Å². The second-order valence-electron chi connectivity index (χ2n) is 6.68. The molecule has 0 N–H and O–H groups in total. The molecule has 8 heteroatoms. The number of benzene rings is 3. The molecule has 0 aliphatic rings. The highest BCUT2D eigenvalue weighted by molar-refractivity contribution is 7.98. The van der Waals surface area contributed by atoms with Crippen LogP contribution < -0.4 is 5.56 Å². The predicted octanol–water partition coefficient (Wildman–Crippen LogP) is 4.87. The van der Waals surface area contributed by atoms with Crippen LogP contribution in [-0.4, -0.2) is 19.7 Å². The van der Waals surface area contributed by atoms with E-state index in [1.165, 1.54) is 28.5 Å². The summed E-state index contributed by atoms with van der Waals surface area (Å²) in [5.41, 5.74) is 1.72. The molecule has 0 aliphatic carbocycles. The Morgan fingerprint density at radius 3 is 2.45 bits per heavy atom. The van der Waals surface area contributed by atoms with E-state index in [9.17, 15) is 9.18 Å². The summed E-state index contributed by atoms with van der Waals surface area (Å²) in [7, 11) is 0. The van der Waals surface area contributed by atoms with Crippen molar-refractivity contribution >= 4 is 22.7 Å². The first-order chi connectivity index (χ1) is 15.2. The van der Waals surface area contributed by atoms with E-state index < -0.39 is 0 Å². The molecule has 0 radical (unpaired) electrons. The molecule has 5 aromatic rings. The summed E-state index contributed by atoms with van der Waals surface area (Å²) in [4.78, 5) is 17.9. The number of nitrogens with zero attached hydrogens (tertiary/aromatic N) is 4. The third-order valence-corrected chi connectivity index (χ3v) is 5.57. The fourth-order valence-electron chi connectivity index (χ4n) is 3.16.